The lowest BCUT2D eigenvalue weighted by Gasteiger charge is -2.15. The molecule has 2 heterocycles. The van der Waals surface area contributed by atoms with Crippen molar-refractivity contribution in [3.63, 3.8) is 0 Å². The lowest BCUT2D eigenvalue weighted by molar-refractivity contribution is -0.138. The monoisotopic (exact) mass is 446 g/mol. The predicted molar refractivity (Wildman–Crippen MR) is 121 cm³/mol. The first-order chi connectivity index (χ1) is 15.2. The van der Waals surface area contributed by atoms with Crippen LogP contribution in [0.2, 0.25) is 0 Å². The average Bonchev–Trinajstić information content (AvgIpc) is 3.24. The number of benzene rings is 2. The van der Waals surface area contributed by atoms with Crippen molar-refractivity contribution in [3.8, 4) is 5.75 Å². The molecule has 1 saturated heterocycles. The van der Waals surface area contributed by atoms with Gasteiger partial charge in [-0.25, -0.2) is 0 Å². The number of nitrogens with zero attached hydrogens (tertiary/aromatic N) is 3. The molecular formula is C24H29F3N4O. The number of anilines is 1. The van der Waals surface area contributed by atoms with Crippen molar-refractivity contribution < 1.29 is 17.9 Å². The van der Waals surface area contributed by atoms with Crippen molar-refractivity contribution in [2.24, 2.45) is 0 Å². The van der Waals surface area contributed by atoms with E-state index in [-0.39, 0.29) is 12.1 Å². The van der Waals surface area contributed by atoms with Crippen LogP contribution in [0.1, 0.15) is 35.2 Å². The number of methoxy groups -OCH3 is 1. The van der Waals surface area contributed by atoms with Crippen molar-refractivity contribution in [2.75, 3.05) is 32.6 Å². The summed E-state index contributed by atoms with van der Waals surface area (Å²) in [6, 6.07) is 9.72. The Bertz CT molecular complexity index is 1060. The quantitative estimate of drug-likeness (QED) is 0.566. The molecule has 0 bridgehead atoms. The maximum atomic E-state index is 13.1. The molecule has 0 aliphatic carbocycles. The number of halogens is 3. The molecule has 4 rings (SSSR count). The van der Waals surface area contributed by atoms with Gasteiger partial charge >= 0.3 is 6.18 Å². The van der Waals surface area contributed by atoms with E-state index in [0.29, 0.717) is 17.1 Å². The second-order valence-corrected chi connectivity index (χ2v) is 8.00. The molecule has 0 atom stereocenters. The van der Waals surface area contributed by atoms with Crippen LogP contribution < -0.4 is 10.1 Å². The number of alkyl halides is 3. The Labute approximate surface area is 186 Å². The third-order valence-corrected chi connectivity index (χ3v) is 5.70. The molecule has 1 fully saturated rings. The van der Waals surface area contributed by atoms with E-state index < -0.39 is 11.7 Å². The molecule has 8 heteroatoms. The second kappa shape index (κ2) is 10.2. The van der Waals surface area contributed by atoms with E-state index >= 15 is 0 Å². The van der Waals surface area contributed by atoms with E-state index in [1.54, 1.807) is 13.2 Å². The molecule has 1 aliphatic heterocycles. The standard InChI is InChI=1S/C19H18F3N3O.C5H11N/c1-11-13(5-4-6-17(11)19(20,21)22)10-23-18-16-9-14(26-3)7-8-15(16)12(2)24-25-18;1-6-4-2-3-5-6/h4-9H,10H2,1-3H3,(H,23,25);2-5H2,1H3. The number of fused-ring (bicyclic) bond motifs is 1. The molecule has 32 heavy (non-hydrogen) atoms. The molecule has 1 N–H and O–H groups in total. The van der Waals surface area contributed by atoms with Crippen molar-refractivity contribution in [1.29, 1.82) is 0 Å². The van der Waals surface area contributed by atoms with Crippen LogP contribution in [0, 0.1) is 13.8 Å². The van der Waals surface area contributed by atoms with Crippen LogP contribution in [0.4, 0.5) is 19.0 Å². The van der Waals surface area contributed by atoms with Gasteiger partial charge in [-0.15, -0.1) is 5.10 Å². The van der Waals surface area contributed by atoms with Gasteiger partial charge in [0.1, 0.15) is 5.75 Å². The third kappa shape index (κ3) is 5.68. The highest BCUT2D eigenvalue weighted by molar-refractivity contribution is 5.94. The number of ether oxygens (including phenoxy) is 1. The molecule has 1 aliphatic rings. The van der Waals surface area contributed by atoms with Crippen molar-refractivity contribution in [2.45, 2.75) is 39.4 Å². The number of rotatable bonds is 4. The van der Waals surface area contributed by atoms with Gasteiger partial charge < -0.3 is 15.0 Å². The Morgan fingerprint density at radius 2 is 1.75 bits per heavy atom. The van der Waals surface area contributed by atoms with Crippen LogP contribution in [0.25, 0.3) is 10.8 Å². The van der Waals surface area contributed by atoms with E-state index in [4.69, 9.17) is 4.74 Å². The molecule has 0 radical (unpaired) electrons. The lowest BCUT2D eigenvalue weighted by atomic mass is 10.0. The number of likely N-dealkylation sites (tertiary alicyclic amines) is 1. The maximum Gasteiger partial charge on any atom is 0.416 e. The normalized spacial score (nSPS) is 14.2. The minimum atomic E-state index is -4.37. The van der Waals surface area contributed by atoms with E-state index in [9.17, 15) is 13.2 Å². The van der Waals surface area contributed by atoms with E-state index in [1.165, 1.54) is 38.9 Å². The molecule has 5 nitrogen and oxygen atoms in total. The van der Waals surface area contributed by atoms with Gasteiger partial charge in [-0.1, -0.05) is 12.1 Å². The van der Waals surface area contributed by atoms with Crippen LogP contribution in [-0.2, 0) is 12.7 Å². The van der Waals surface area contributed by atoms with Crippen molar-refractivity contribution in [3.05, 3.63) is 58.8 Å². The fraction of sp³-hybridized carbons (Fsp3) is 0.417. The molecular weight excluding hydrogens is 417 g/mol. The SMILES string of the molecule is CN1CCCC1.COc1ccc2c(C)nnc(NCc3cccc(C(F)(F)F)c3C)c2c1. The van der Waals surface area contributed by atoms with E-state index in [0.717, 1.165) is 22.5 Å². The van der Waals surface area contributed by atoms with Crippen LogP contribution in [0.15, 0.2) is 36.4 Å². The lowest BCUT2D eigenvalue weighted by Crippen LogP contribution is -2.11. The smallest absolute Gasteiger partial charge is 0.416 e. The summed E-state index contributed by atoms with van der Waals surface area (Å²) in [5, 5.41) is 13.1. The van der Waals surface area contributed by atoms with Crippen LogP contribution >= 0.6 is 0 Å². The molecule has 0 unspecified atom stereocenters. The zero-order valence-electron chi connectivity index (χ0n) is 18.9. The average molecular weight is 447 g/mol. The van der Waals surface area contributed by atoms with Gasteiger partial charge in [-0.2, -0.15) is 18.3 Å². The Kier molecular flexibility index (Phi) is 7.56. The highest BCUT2D eigenvalue weighted by Gasteiger charge is 2.32. The topological polar surface area (TPSA) is 50.3 Å². The summed E-state index contributed by atoms with van der Waals surface area (Å²) in [5.41, 5.74) is 0.898. The summed E-state index contributed by atoms with van der Waals surface area (Å²) < 4.78 is 44.5. The number of hydrogen-bond donors (Lipinski definition) is 1. The fourth-order valence-electron chi connectivity index (χ4n) is 3.76. The van der Waals surface area contributed by atoms with Gasteiger partial charge in [0, 0.05) is 17.3 Å². The van der Waals surface area contributed by atoms with Crippen LogP contribution in [0.3, 0.4) is 0 Å². The number of aromatic nitrogens is 2. The molecule has 3 aromatic rings. The van der Waals surface area contributed by atoms with E-state index in [2.05, 4.69) is 27.5 Å². The Balaban J connectivity index is 0.000000416. The number of hydrogen-bond acceptors (Lipinski definition) is 5. The summed E-state index contributed by atoms with van der Waals surface area (Å²) >= 11 is 0. The molecule has 0 saturated carbocycles. The highest BCUT2D eigenvalue weighted by Crippen LogP contribution is 2.33. The van der Waals surface area contributed by atoms with Gasteiger partial charge in [0.25, 0.3) is 0 Å². The third-order valence-electron chi connectivity index (χ3n) is 5.70. The minimum Gasteiger partial charge on any atom is -0.497 e. The zero-order chi connectivity index (χ0) is 23.3. The summed E-state index contributed by atoms with van der Waals surface area (Å²) in [7, 11) is 3.74. The van der Waals surface area contributed by atoms with Crippen LogP contribution in [-0.4, -0.2) is 42.3 Å². The molecule has 0 amide bonds. The van der Waals surface area contributed by atoms with E-state index in [1.807, 2.05) is 25.1 Å². The first-order valence-electron chi connectivity index (χ1n) is 10.6. The first kappa shape index (κ1) is 23.8. The van der Waals surface area contributed by atoms with Crippen molar-refractivity contribution >= 4 is 16.6 Å². The predicted octanol–water partition coefficient (Wildman–Crippen LogP) is 5.60. The molecule has 2 aromatic carbocycles. The van der Waals surface area contributed by atoms with Gasteiger partial charge in [0.05, 0.1) is 18.4 Å². The second-order valence-electron chi connectivity index (χ2n) is 8.00. The zero-order valence-corrected chi connectivity index (χ0v) is 18.9. The number of nitrogens with one attached hydrogen (secondary N) is 1. The largest absolute Gasteiger partial charge is 0.497 e. The van der Waals surface area contributed by atoms with Crippen molar-refractivity contribution in [1.82, 2.24) is 15.1 Å². The summed E-state index contributed by atoms with van der Waals surface area (Å²) in [6.45, 7) is 6.17. The molecule has 172 valence electrons. The van der Waals surface area contributed by atoms with Gasteiger partial charge in [0.15, 0.2) is 5.82 Å². The summed E-state index contributed by atoms with van der Waals surface area (Å²) in [6.07, 6.45) is -1.54. The van der Waals surface area contributed by atoms with Crippen LogP contribution in [0.5, 0.6) is 5.75 Å². The highest BCUT2D eigenvalue weighted by atomic mass is 19.4. The summed E-state index contributed by atoms with van der Waals surface area (Å²) in [5.74, 6) is 1.17. The minimum absolute atomic E-state index is 0.203. The molecule has 0 spiro atoms. The maximum absolute atomic E-state index is 13.1. The molecule has 1 aromatic heterocycles. The summed E-state index contributed by atoms with van der Waals surface area (Å²) in [4.78, 5) is 2.36. The fourth-order valence-corrected chi connectivity index (χ4v) is 3.76. The van der Waals surface area contributed by atoms with Gasteiger partial charge in [0.2, 0.25) is 0 Å². The Hall–Kier alpha value is -2.87. The first-order valence-corrected chi connectivity index (χ1v) is 10.6. The van der Waals surface area contributed by atoms with Gasteiger partial charge in [-0.3, -0.25) is 0 Å². The Morgan fingerprint density at radius 1 is 1.03 bits per heavy atom. The Morgan fingerprint density at radius 3 is 2.34 bits per heavy atom. The number of aryl methyl sites for hydroxylation is 1. The van der Waals surface area contributed by atoms with Gasteiger partial charge in [-0.05, 0) is 82.2 Å².